The molecule has 0 radical (unpaired) electrons. The van der Waals surface area contributed by atoms with Crippen LogP contribution in [0.5, 0.6) is 0 Å². The maximum Gasteiger partial charge on any atom is 0.239 e. The molecule has 0 aromatic carbocycles. The molecule has 0 aromatic heterocycles. The van der Waals surface area contributed by atoms with Gasteiger partial charge in [-0.15, -0.1) is 0 Å². The Hall–Kier alpha value is -1.06. The van der Waals surface area contributed by atoms with Crippen LogP contribution in [0.25, 0.3) is 0 Å². The Bertz CT molecular complexity index is 241. The van der Waals surface area contributed by atoms with Crippen molar-refractivity contribution in [2.45, 2.75) is 40.7 Å². The van der Waals surface area contributed by atoms with Crippen molar-refractivity contribution in [2.24, 2.45) is 5.41 Å². The summed E-state index contributed by atoms with van der Waals surface area (Å²) in [5.41, 5.74) is -0.438. The van der Waals surface area contributed by atoms with Crippen molar-refractivity contribution in [3.05, 3.63) is 0 Å². The molecule has 15 heavy (non-hydrogen) atoms. The van der Waals surface area contributed by atoms with Crippen molar-refractivity contribution >= 4 is 11.8 Å². The van der Waals surface area contributed by atoms with Gasteiger partial charge in [-0.2, -0.15) is 0 Å². The summed E-state index contributed by atoms with van der Waals surface area (Å²) in [6, 6.07) is 0.107. The third kappa shape index (κ3) is 5.40. The Morgan fingerprint density at radius 2 is 1.73 bits per heavy atom. The first kappa shape index (κ1) is 13.9. The summed E-state index contributed by atoms with van der Waals surface area (Å²) in [7, 11) is 1.65. The monoisotopic (exact) mass is 214 g/mol. The summed E-state index contributed by atoms with van der Waals surface area (Å²) in [6.07, 6.45) is 0. The van der Waals surface area contributed by atoms with E-state index in [9.17, 15) is 9.59 Å². The molecule has 4 nitrogen and oxygen atoms in total. The lowest BCUT2D eigenvalue weighted by Gasteiger charge is -2.25. The molecule has 0 fully saturated rings. The number of nitrogens with zero attached hydrogens (tertiary/aromatic N) is 1. The van der Waals surface area contributed by atoms with Crippen LogP contribution in [0, 0.1) is 5.41 Å². The van der Waals surface area contributed by atoms with Gasteiger partial charge in [0.1, 0.15) is 0 Å². The first-order valence-corrected chi connectivity index (χ1v) is 5.19. The average molecular weight is 214 g/mol. The number of hydrogen-bond donors (Lipinski definition) is 1. The van der Waals surface area contributed by atoms with E-state index in [1.165, 1.54) is 4.90 Å². The molecule has 0 saturated heterocycles. The van der Waals surface area contributed by atoms with E-state index in [0.717, 1.165) is 0 Å². The van der Waals surface area contributed by atoms with Gasteiger partial charge < -0.3 is 10.2 Å². The van der Waals surface area contributed by atoms with Crippen molar-refractivity contribution in [1.29, 1.82) is 0 Å². The van der Waals surface area contributed by atoms with Gasteiger partial charge in [-0.3, -0.25) is 9.59 Å². The summed E-state index contributed by atoms with van der Waals surface area (Å²) in [6.45, 7) is 9.42. The van der Waals surface area contributed by atoms with Gasteiger partial charge in [0.25, 0.3) is 0 Å². The Morgan fingerprint density at radius 1 is 1.27 bits per heavy atom. The Kier molecular flexibility index (Phi) is 4.78. The number of carbonyl (C=O) groups excluding carboxylic acids is 2. The molecular formula is C11H22N2O2. The minimum atomic E-state index is -0.438. The number of amides is 2. The minimum Gasteiger partial charge on any atom is -0.352 e. The molecule has 0 atom stereocenters. The SMILES string of the molecule is CC(C)NC(=O)CN(C)C(=O)C(C)(C)C. The van der Waals surface area contributed by atoms with Crippen LogP contribution in [0.1, 0.15) is 34.6 Å². The quantitative estimate of drug-likeness (QED) is 0.762. The molecule has 0 saturated carbocycles. The van der Waals surface area contributed by atoms with Crippen LogP contribution in [0.4, 0.5) is 0 Å². The van der Waals surface area contributed by atoms with Crippen LogP contribution in [-0.2, 0) is 9.59 Å². The predicted molar refractivity (Wildman–Crippen MR) is 60.4 cm³/mol. The summed E-state index contributed by atoms with van der Waals surface area (Å²) in [4.78, 5) is 24.6. The summed E-state index contributed by atoms with van der Waals surface area (Å²) < 4.78 is 0. The first-order valence-electron chi connectivity index (χ1n) is 5.19. The van der Waals surface area contributed by atoms with Crippen LogP contribution in [0.15, 0.2) is 0 Å². The molecular weight excluding hydrogens is 192 g/mol. The summed E-state index contributed by atoms with van der Waals surface area (Å²) >= 11 is 0. The number of hydrogen-bond acceptors (Lipinski definition) is 2. The highest BCUT2D eigenvalue weighted by atomic mass is 16.2. The lowest BCUT2D eigenvalue weighted by atomic mass is 9.95. The molecule has 0 aliphatic rings. The van der Waals surface area contributed by atoms with Gasteiger partial charge in [0.05, 0.1) is 6.54 Å². The second-order valence-electron chi connectivity index (χ2n) is 5.13. The van der Waals surface area contributed by atoms with Crippen molar-refractivity contribution in [2.75, 3.05) is 13.6 Å². The van der Waals surface area contributed by atoms with Gasteiger partial charge in [-0.25, -0.2) is 0 Å². The van der Waals surface area contributed by atoms with Crippen LogP contribution < -0.4 is 5.32 Å². The van der Waals surface area contributed by atoms with Crippen molar-refractivity contribution in [1.82, 2.24) is 10.2 Å². The maximum absolute atomic E-state index is 11.7. The Labute approximate surface area is 92.0 Å². The third-order valence-corrected chi connectivity index (χ3v) is 1.82. The van der Waals surface area contributed by atoms with E-state index < -0.39 is 5.41 Å². The molecule has 88 valence electrons. The van der Waals surface area contributed by atoms with Crippen LogP contribution in [-0.4, -0.2) is 36.3 Å². The fourth-order valence-corrected chi connectivity index (χ4v) is 1.23. The summed E-state index contributed by atoms with van der Waals surface area (Å²) in [5, 5.41) is 2.75. The molecule has 2 amide bonds. The third-order valence-electron chi connectivity index (χ3n) is 1.82. The van der Waals surface area contributed by atoms with E-state index in [4.69, 9.17) is 0 Å². The largest absolute Gasteiger partial charge is 0.352 e. The highest BCUT2D eigenvalue weighted by Crippen LogP contribution is 2.15. The molecule has 0 rings (SSSR count). The van der Waals surface area contributed by atoms with Crippen molar-refractivity contribution in [3.8, 4) is 0 Å². The molecule has 0 aromatic rings. The molecule has 0 bridgehead atoms. The van der Waals surface area contributed by atoms with Crippen molar-refractivity contribution in [3.63, 3.8) is 0 Å². The molecule has 0 heterocycles. The smallest absolute Gasteiger partial charge is 0.239 e. The van der Waals surface area contributed by atoms with Gasteiger partial charge in [-0.1, -0.05) is 20.8 Å². The van der Waals surface area contributed by atoms with Gasteiger partial charge in [-0.05, 0) is 13.8 Å². The van der Waals surface area contributed by atoms with Gasteiger partial charge >= 0.3 is 0 Å². The molecule has 0 aliphatic carbocycles. The highest BCUT2D eigenvalue weighted by Gasteiger charge is 2.25. The van der Waals surface area contributed by atoms with Gasteiger partial charge in [0.15, 0.2) is 0 Å². The maximum atomic E-state index is 11.7. The topological polar surface area (TPSA) is 49.4 Å². The molecule has 0 aliphatic heterocycles. The fraction of sp³-hybridized carbons (Fsp3) is 0.818. The van der Waals surface area contributed by atoms with Crippen LogP contribution in [0.2, 0.25) is 0 Å². The normalized spacial score (nSPS) is 11.4. The Balaban J connectivity index is 4.20. The second-order valence-corrected chi connectivity index (χ2v) is 5.13. The van der Waals surface area contributed by atoms with E-state index >= 15 is 0 Å². The standard InChI is InChI=1S/C11H22N2O2/c1-8(2)12-9(14)7-13(6)10(15)11(3,4)5/h8H,7H2,1-6H3,(H,12,14). The molecule has 1 N–H and O–H groups in total. The minimum absolute atomic E-state index is 0.0265. The van der Waals surface area contributed by atoms with E-state index in [-0.39, 0.29) is 24.4 Å². The van der Waals surface area contributed by atoms with E-state index in [0.29, 0.717) is 0 Å². The lowest BCUT2D eigenvalue weighted by Crippen LogP contribution is -2.44. The summed E-state index contributed by atoms with van der Waals surface area (Å²) in [5.74, 6) is -0.147. The number of carbonyl (C=O) groups is 2. The van der Waals surface area contributed by atoms with E-state index in [2.05, 4.69) is 5.32 Å². The van der Waals surface area contributed by atoms with E-state index in [1.54, 1.807) is 7.05 Å². The number of rotatable bonds is 3. The lowest BCUT2D eigenvalue weighted by molar-refractivity contribution is -0.141. The Morgan fingerprint density at radius 3 is 2.07 bits per heavy atom. The fourth-order valence-electron chi connectivity index (χ4n) is 1.23. The zero-order chi connectivity index (χ0) is 12.2. The van der Waals surface area contributed by atoms with Gasteiger partial charge in [0, 0.05) is 18.5 Å². The number of likely N-dealkylation sites (N-methyl/N-ethyl adjacent to an activating group) is 1. The van der Waals surface area contributed by atoms with Crippen LogP contribution in [0.3, 0.4) is 0 Å². The molecule has 4 heteroatoms. The second kappa shape index (κ2) is 5.14. The first-order chi connectivity index (χ1) is 6.64. The van der Waals surface area contributed by atoms with E-state index in [1.807, 2.05) is 34.6 Å². The number of nitrogens with one attached hydrogen (secondary N) is 1. The predicted octanol–water partition coefficient (Wildman–Crippen LogP) is 1.02. The molecule has 0 spiro atoms. The average Bonchev–Trinajstić information content (AvgIpc) is 1.99. The van der Waals surface area contributed by atoms with Crippen LogP contribution >= 0.6 is 0 Å². The highest BCUT2D eigenvalue weighted by molar-refractivity contribution is 5.87. The van der Waals surface area contributed by atoms with Gasteiger partial charge in [0.2, 0.25) is 11.8 Å². The molecule has 0 unspecified atom stereocenters. The zero-order valence-corrected chi connectivity index (χ0v) is 10.5. The zero-order valence-electron chi connectivity index (χ0n) is 10.5. The van der Waals surface area contributed by atoms with Crippen molar-refractivity contribution < 1.29 is 9.59 Å².